The highest BCUT2D eigenvalue weighted by Gasteiger charge is 2.30. The first-order chi connectivity index (χ1) is 12.9. The van der Waals surface area contributed by atoms with E-state index in [9.17, 15) is 9.59 Å². The maximum absolute atomic E-state index is 12.8. The number of aryl methyl sites for hydroxylation is 1. The van der Waals surface area contributed by atoms with Crippen LogP contribution in [0.15, 0.2) is 24.3 Å². The van der Waals surface area contributed by atoms with Gasteiger partial charge < -0.3 is 15.4 Å². The predicted molar refractivity (Wildman–Crippen MR) is 105 cm³/mol. The molecule has 7 heteroatoms. The minimum atomic E-state index is -0.298. The highest BCUT2D eigenvalue weighted by Crippen LogP contribution is 2.34. The lowest BCUT2D eigenvalue weighted by Gasteiger charge is -2.15. The van der Waals surface area contributed by atoms with Crippen LogP contribution in [0.4, 0.5) is 10.7 Å². The summed E-state index contributed by atoms with van der Waals surface area (Å²) in [4.78, 5) is 25.2. The first-order valence-electron chi connectivity index (χ1n) is 8.81. The van der Waals surface area contributed by atoms with Gasteiger partial charge in [-0.15, -0.1) is 11.3 Å². The zero-order chi connectivity index (χ0) is 19.6. The van der Waals surface area contributed by atoms with Gasteiger partial charge in [-0.3, -0.25) is 9.59 Å². The first-order valence-corrected chi connectivity index (χ1v) is 9.62. The molecule has 0 bridgehead atoms. The van der Waals surface area contributed by atoms with Crippen molar-refractivity contribution in [2.45, 2.75) is 39.7 Å². The molecule has 1 fully saturated rings. The van der Waals surface area contributed by atoms with E-state index in [1.807, 2.05) is 20.8 Å². The molecular weight excluding hydrogens is 362 g/mol. The van der Waals surface area contributed by atoms with Gasteiger partial charge in [0.15, 0.2) is 0 Å². The van der Waals surface area contributed by atoms with Gasteiger partial charge in [-0.05, 0) is 63.4 Å². The van der Waals surface area contributed by atoms with Crippen molar-refractivity contribution in [1.82, 2.24) is 0 Å². The Balaban J connectivity index is 1.79. The monoisotopic (exact) mass is 383 g/mol. The van der Waals surface area contributed by atoms with Gasteiger partial charge in [0, 0.05) is 5.92 Å². The fourth-order valence-corrected chi connectivity index (χ4v) is 3.54. The SMILES string of the molecule is Cc1cc(NC(=O)C2CC2)sc1C(=O)Nc1cc(C#N)ccc1OC(C)C. The summed E-state index contributed by atoms with van der Waals surface area (Å²) in [5, 5.41) is 15.5. The summed E-state index contributed by atoms with van der Waals surface area (Å²) < 4.78 is 5.73. The second-order valence-electron chi connectivity index (χ2n) is 6.83. The Morgan fingerprint density at radius 2 is 2.00 bits per heavy atom. The Hall–Kier alpha value is -2.85. The third-order valence-corrected chi connectivity index (χ3v) is 5.19. The number of nitrogens with one attached hydrogen (secondary N) is 2. The average molecular weight is 383 g/mol. The van der Waals surface area contributed by atoms with E-state index in [1.54, 1.807) is 24.3 Å². The zero-order valence-electron chi connectivity index (χ0n) is 15.5. The molecule has 140 valence electrons. The molecule has 0 unspecified atom stereocenters. The molecule has 6 nitrogen and oxygen atoms in total. The van der Waals surface area contributed by atoms with E-state index in [1.165, 1.54) is 11.3 Å². The predicted octanol–water partition coefficient (Wildman–Crippen LogP) is 4.32. The van der Waals surface area contributed by atoms with Crippen LogP contribution in [0.3, 0.4) is 0 Å². The number of anilines is 2. The van der Waals surface area contributed by atoms with Crippen molar-refractivity contribution in [3.05, 3.63) is 40.3 Å². The Morgan fingerprint density at radius 3 is 2.63 bits per heavy atom. The Labute approximate surface area is 162 Å². The third-order valence-electron chi connectivity index (χ3n) is 4.04. The summed E-state index contributed by atoms with van der Waals surface area (Å²) in [6, 6.07) is 8.78. The summed E-state index contributed by atoms with van der Waals surface area (Å²) in [5.74, 6) is 0.327. The van der Waals surface area contributed by atoms with Gasteiger partial charge in [0.2, 0.25) is 5.91 Å². The molecule has 1 aliphatic rings. The second kappa shape index (κ2) is 7.80. The number of amides is 2. The molecule has 27 heavy (non-hydrogen) atoms. The standard InChI is InChI=1S/C20H21N3O3S/c1-11(2)26-16-7-4-13(10-21)9-15(16)22-20(25)18-12(3)8-17(27-18)23-19(24)14-5-6-14/h4,7-9,11,14H,5-6H2,1-3H3,(H,22,25)(H,23,24). The fraction of sp³-hybridized carbons (Fsp3) is 0.350. The van der Waals surface area contributed by atoms with Crippen molar-refractivity contribution in [1.29, 1.82) is 5.26 Å². The van der Waals surface area contributed by atoms with Gasteiger partial charge >= 0.3 is 0 Å². The van der Waals surface area contributed by atoms with E-state index in [4.69, 9.17) is 10.00 Å². The van der Waals surface area contributed by atoms with Crippen LogP contribution in [0.1, 0.15) is 47.5 Å². The van der Waals surface area contributed by atoms with E-state index in [-0.39, 0.29) is 23.8 Å². The molecule has 0 aliphatic heterocycles. The van der Waals surface area contributed by atoms with E-state index in [2.05, 4.69) is 16.7 Å². The van der Waals surface area contributed by atoms with Gasteiger partial charge in [0.25, 0.3) is 5.91 Å². The summed E-state index contributed by atoms with van der Waals surface area (Å²) in [7, 11) is 0. The molecule has 0 atom stereocenters. The molecule has 0 spiro atoms. The van der Waals surface area contributed by atoms with Crippen LogP contribution < -0.4 is 15.4 Å². The molecule has 0 radical (unpaired) electrons. The summed E-state index contributed by atoms with van der Waals surface area (Å²) in [6.07, 6.45) is 1.79. The number of carbonyl (C=O) groups is 2. The molecule has 1 aliphatic carbocycles. The zero-order valence-corrected chi connectivity index (χ0v) is 16.3. The number of carbonyl (C=O) groups excluding carboxylic acids is 2. The summed E-state index contributed by atoms with van der Waals surface area (Å²) in [5.41, 5.74) is 1.66. The second-order valence-corrected chi connectivity index (χ2v) is 7.88. The van der Waals surface area contributed by atoms with Crippen molar-refractivity contribution in [3.63, 3.8) is 0 Å². The number of rotatable bonds is 6. The maximum Gasteiger partial charge on any atom is 0.266 e. The molecule has 3 rings (SSSR count). The van der Waals surface area contributed by atoms with Gasteiger partial charge in [-0.1, -0.05) is 0 Å². The number of nitriles is 1. The van der Waals surface area contributed by atoms with Gasteiger partial charge in [-0.25, -0.2) is 0 Å². The smallest absolute Gasteiger partial charge is 0.266 e. The molecule has 1 aromatic carbocycles. The Morgan fingerprint density at radius 1 is 1.26 bits per heavy atom. The lowest BCUT2D eigenvalue weighted by molar-refractivity contribution is -0.117. The molecule has 2 aromatic rings. The Bertz CT molecular complexity index is 923. The van der Waals surface area contributed by atoms with Crippen molar-refractivity contribution in [2.75, 3.05) is 10.6 Å². The van der Waals surface area contributed by atoms with Crippen LogP contribution in [-0.4, -0.2) is 17.9 Å². The van der Waals surface area contributed by atoms with Crippen LogP contribution in [0.2, 0.25) is 0 Å². The molecule has 0 saturated heterocycles. The van der Waals surface area contributed by atoms with Gasteiger partial charge in [0.05, 0.1) is 33.3 Å². The average Bonchev–Trinajstić information content (AvgIpc) is 3.40. The molecular formula is C20H21N3O3S. The Kier molecular flexibility index (Phi) is 5.47. The van der Waals surface area contributed by atoms with Crippen LogP contribution in [-0.2, 0) is 4.79 Å². The lowest BCUT2D eigenvalue weighted by atomic mass is 10.2. The normalized spacial score (nSPS) is 13.1. The maximum atomic E-state index is 12.8. The molecule has 1 aromatic heterocycles. The molecule has 2 N–H and O–H groups in total. The number of ether oxygens (including phenoxy) is 1. The van der Waals surface area contributed by atoms with Crippen molar-refractivity contribution in [3.8, 4) is 11.8 Å². The number of benzene rings is 1. The number of hydrogen-bond donors (Lipinski definition) is 2. The van der Waals surface area contributed by atoms with Crippen LogP contribution in [0.5, 0.6) is 5.75 Å². The van der Waals surface area contributed by atoms with Crippen molar-refractivity contribution in [2.24, 2.45) is 5.92 Å². The largest absolute Gasteiger partial charge is 0.489 e. The van der Waals surface area contributed by atoms with E-state index in [0.717, 1.165) is 18.4 Å². The quantitative estimate of drug-likeness (QED) is 0.777. The third kappa shape index (κ3) is 4.66. The number of thiophene rings is 1. The van der Waals surface area contributed by atoms with Gasteiger partial charge in [-0.2, -0.15) is 5.26 Å². The fourth-order valence-electron chi connectivity index (χ4n) is 2.57. The van der Waals surface area contributed by atoms with E-state index in [0.29, 0.717) is 26.9 Å². The van der Waals surface area contributed by atoms with Crippen LogP contribution in [0, 0.1) is 24.2 Å². The molecule has 1 heterocycles. The van der Waals surface area contributed by atoms with E-state index < -0.39 is 0 Å². The summed E-state index contributed by atoms with van der Waals surface area (Å²) >= 11 is 1.24. The van der Waals surface area contributed by atoms with E-state index >= 15 is 0 Å². The van der Waals surface area contributed by atoms with Crippen molar-refractivity contribution >= 4 is 33.8 Å². The number of nitrogens with zero attached hydrogens (tertiary/aromatic N) is 1. The van der Waals surface area contributed by atoms with Crippen LogP contribution in [0.25, 0.3) is 0 Å². The number of hydrogen-bond acceptors (Lipinski definition) is 5. The molecule has 1 saturated carbocycles. The molecule has 2 amide bonds. The van der Waals surface area contributed by atoms with Crippen LogP contribution >= 0.6 is 11.3 Å². The topological polar surface area (TPSA) is 91.2 Å². The minimum absolute atomic E-state index is 0.0116. The van der Waals surface area contributed by atoms with Crippen molar-refractivity contribution < 1.29 is 14.3 Å². The highest BCUT2D eigenvalue weighted by atomic mass is 32.1. The summed E-state index contributed by atoms with van der Waals surface area (Å²) in [6.45, 7) is 5.61. The highest BCUT2D eigenvalue weighted by molar-refractivity contribution is 7.18. The minimum Gasteiger partial charge on any atom is -0.489 e. The lowest BCUT2D eigenvalue weighted by Crippen LogP contribution is -2.14. The first kappa shape index (κ1) is 18.9. The van der Waals surface area contributed by atoms with Gasteiger partial charge in [0.1, 0.15) is 5.75 Å².